The van der Waals surface area contributed by atoms with Gasteiger partial charge in [0.15, 0.2) is 12.2 Å². The van der Waals surface area contributed by atoms with E-state index < -0.39 is 97.5 Å². The number of carbonyl (C=O) groups excluding carboxylic acids is 4. The van der Waals surface area contributed by atoms with Crippen LogP contribution >= 0.6 is 15.6 Å². The molecular weight excluding hydrogens is 1190 g/mol. The number of hydrogen-bond acceptors (Lipinski definition) is 15. The van der Waals surface area contributed by atoms with Crippen molar-refractivity contribution in [2.24, 2.45) is 0 Å². The molecule has 0 bridgehead atoms. The summed E-state index contributed by atoms with van der Waals surface area (Å²) >= 11 is 0. The average Bonchev–Trinajstić information content (AvgIpc) is 3.30. The van der Waals surface area contributed by atoms with Crippen LogP contribution in [0.3, 0.4) is 0 Å². The largest absolute Gasteiger partial charge is 0.472 e. The molecule has 0 rings (SSSR count). The first-order chi connectivity index (χ1) is 43.7. The molecule has 0 aliphatic heterocycles. The Bertz CT molecular complexity index is 1720. The summed E-state index contributed by atoms with van der Waals surface area (Å²) in [6.45, 7) is 4.92. The van der Waals surface area contributed by atoms with Crippen LogP contribution in [0.5, 0.6) is 0 Å². The molecule has 0 aromatic carbocycles. The maximum atomic E-state index is 13.0. The van der Waals surface area contributed by atoms with Crippen LogP contribution in [0.25, 0.3) is 0 Å². The molecule has 0 aromatic heterocycles. The lowest BCUT2D eigenvalue weighted by Gasteiger charge is -2.21. The van der Waals surface area contributed by atoms with Crippen molar-refractivity contribution in [3.8, 4) is 0 Å². The number of esters is 4. The molecule has 0 aliphatic carbocycles. The minimum absolute atomic E-state index is 0.107. The standard InChI is InChI=1S/C71H138O17P2/c1-5-9-13-17-21-25-28-30-32-33-35-37-39-42-46-50-54-58-71(76)88-67(62-82-69(74)56-52-48-44-41-38-36-34-31-29-26-22-18-14-10-6-2)64-86-90(79,80)84-60-65(72)59-83-89(77,78)85-63-66(61-81-68(73)55-51-47-43-24-20-16-12-8-4)87-70(75)57-53-49-45-40-27-23-19-15-11-7-3/h65-67,72H,5-64H2,1-4H3,(H,77,78)(H,79,80)/t65-,66+,67+/m0/s1. The van der Waals surface area contributed by atoms with E-state index in [1.54, 1.807) is 0 Å². The second-order valence-corrected chi connectivity index (χ2v) is 28.5. The molecule has 3 N–H and O–H groups in total. The van der Waals surface area contributed by atoms with Gasteiger partial charge in [-0.05, 0) is 25.7 Å². The van der Waals surface area contributed by atoms with E-state index >= 15 is 0 Å². The first-order valence-corrected chi connectivity index (χ1v) is 40.3. The van der Waals surface area contributed by atoms with Gasteiger partial charge >= 0.3 is 39.5 Å². The maximum Gasteiger partial charge on any atom is 0.472 e. The van der Waals surface area contributed by atoms with Crippen molar-refractivity contribution in [2.75, 3.05) is 39.6 Å². The Morgan fingerprint density at radius 1 is 0.267 bits per heavy atom. The van der Waals surface area contributed by atoms with Crippen molar-refractivity contribution in [1.29, 1.82) is 0 Å². The van der Waals surface area contributed by atoms with E-state index in [1.165, 1.54) is 199 Å². The molecule has 0 aliphatic rings. The molecule has 5 atom stereocenters. The summed E-state index contributed by atoms with van der Waals surface area (Å²) in [6, 6.07) is 0. The first-order valence-electron chi connectivity index (χ1n) is 37.3. The molecule has 0 radical (unpaired) electrons. The second kappa shape index (κ2) is 65.7. The number of unbranched alkanes of at least 4 members (excludes halogenated alkanes) is 46. The summed E-state index contributed by atoms with van der Waals surface area (Å²) in [5.41, 5.74) is 0. The summed E-state index contributed by atoms with van der Waals surface area (Å²) in [6.07, 6.45) is 54.1. The van der Waals surface area contributed by atoms with Gasteiger partial charge in [0, 0.05) is 25.7 Å². The first kappa shape index (κ1) is 88.1. The Balaban J connectivity index is 5.20. The summed E-state index contributed by atoms with van der Waals surface area (Å²) in [7, 11) is -9.89. The number of aliphatic hydroxyl groups is 1. The molecule has 0 amide bonds. The molecule has 0 spiro atoms. The minimum atomic E-state index is -4.95. The van der Waals surface area contributed by atoms with E-state index in [4.69, 9.17) is 37.0 Å². The van der Waals surface area contributed by atoms with Crippen LogP contribution in [-0.4, -0.2) is 96.7 Å². The zero-order chi connectivity index (χ0) is 66.1. The Labute approximate surface area is 549 Å². The zero-order valence-electron chi connectivity index (χ0n) is 58.1. The normalized spacial score (nSPS) is 14.0. The smallest absolute Gasteiger partial charge is 0.462 e. The Morgan fingerprint density at radius 3 is 0.656 bits per heavy atom. The molecule has 534 valence electrons. The van der Waals surface area contributed by atoms with Gasteiger partial charge in [-0.25, -0.2) is 9.13 Å². The average molecular weight is 1330 g/mol. The van der Waals surface area contributed by atoms with Gasteiger partial charge in [-0.15, -0.1) is 0 Å². The third kappa shape index (κ3) is 64.8. The van der Waals surface area contributed by atoms with Gasteiger partial charge in [-0.1, -0.05) is 323 Å². The Morgan fingerprint density at radius 2 is 0.444 bits per heavy atom. The highest BCUT2D eigenvalue weighted by atomic mass is 31.2. The monoisotopic (exact) mass is 1320 g/mol. The van der Waals surface area contributed by atoms with Crippen LogP contribution in [0.4, 0.5) is 0 Å². The van der Waals surface area contributed by atoms with E-state index in [-0.39, 0.29) is 25.7 Å². The van der Waals surface area contributed by atoms with Crippen LogP contribution in [0.1, 0.15) is 374 Å². The van der Waals surface area contributed by atoms with Crippen LogP contribution in [-0.2, 0) is 65.4 Å². The molecule has 2 unspecified atom stereocenters. The van der Waals surface area contributed by atoms with Crippen molar-refractivity contribution < 1.29 is 80.2 Å². The minimum Gasteiger partial charge on any atom is -0.462 e. The van der Waals surface area contributed by atoms with Crippen LogP contribution in [0, 0.1) is 0 Å². The van der Waals surface area contributed by atoms with Crippen LogP contribution in [0.15, 0.2) is 0 Å². The number of aliphatic hydroxyl groups excluding tert-OH is 1. The second-order valence-electron chi connectivity index (χ2n) is 25.6. The summed E-state index contributed by atoms with van der Waals surface area (Å²) in [5, 5.41) is 10.6. The van der Waals surface area contributed by atoms with Gasteiger partial charge in [0.2, 0.25) is 0 Å². The molecule has 90 heavy (non-hydrogen) atoms. The molecule has 0 saturated heterocycles. The van der Waals surface area contributed by atoms with Crippen LogP contribution < -0.4 is 0 Å². The molecule has 0 fully saturated rings. The number of carbonyl (C=O) groups is 4. The van der Waals surface area contributed by atoms with Gasteiger partial charge in [-0.3, -0.25) is 37.3 Å². The highest BCUT2D eigenvalue weighted by Gasteiger charge is 2.30. The third-order valence-electron chi connectivity index (χ3n) is 16.6. The zero-order valence-corrected chi connectivity index (χ0v) is 59.9. The maximum absolute atomic E-state index is 13.0. The van der Waals surface area contributed by atoms with E-state index in [2.05, 4.69) is 27.7 Å². The molecular formula is C71H138O17P2. The van der Waals surface area contributed by atoms with Crippen molar-refractivity contribution in [2.45, 2.75) is 393 Å². The molecule has 19 heteroatoms. The summed E-state index contributed by atoms with van der Waals surface area (Å²) in [4.78, 5) is 72.5. The predicted octanol–water partition coefficient (Wildman–Crippen LogP) is 20.7. The topological polar surface area (TPSA) is 237 Å². The van der Waals surface area contributed by atoms with E-state index in [1.807, 2.05) is 0 Å². The fourth-order valence-corrected chi connectivity index (χ4v) is 12.4. The quantitative estimate of drug-likeness (QED) is 0.0222. The lowest BCUT2D eigenvalue weighted by molar-refractivity contribution is -0.161. The molecule has 0 aromatic rings. The number of rotatable bonds is 72. The Hall–Kier alpha value is -1.94. The van der Waals surface area contributed by atoms with E-state index in [0.29, 0.717) is 25.7 Å². The number of phosphoric acid groups is 2. The Kier molecular flexibility index (Phi) is 64.3. The van der Waals surface area contributed by atoms with E-state index in [9.17, 15) is 43.2 Å². The van der Waals surface area contributed by atoms with Gasteiger partial charge < -0.3 is 33.8 Å². The van der Waals surface area contributed by atoms with Crippen molar-refractivity contribution in [3.05, 3.63) is 0 Å². The highest BCUT2D eigenvalue weighted by molar-refractivity contribution is 7.47. The number of ether oxygens (including phenoxy) is 4. The van der Waals surface area contributed by atoms with Crippen molar-refractivity contribution >= 4 is 39.5 Å². The number of phosphoric ester groups is 2. The highest BCUT2D eigenvalue weighted by Crippen LogP contribution is 2.45. The van der Waals surface area contributed by atoms with Crippen molar-refractivity contribution in [1.82, 2.24) is 0 Å². The van der Waals surface area contributed by atoms with Gasteiger partial charge in [0.1, 0.15) is 19.3 Å². The van der Waals surface area contributed by atoms with Gasteiger partial charge in [-0.2, -0.15) is 0 Å². The molecule has 0 saturated carbocycles. The van der Waals surface area contributed by atoms with Gasteiger partial charge in [0.25, 0.3) is 0 Å². The fourth-order valence-electron chi connectivity index (χ4n) is 10.9. The number of hydrogen-bond donors (Lipinski definition) is 3. The van der Waals surface area contributed by atoms with Crippen LogP contribution in [0.2, 0.25) is 0 Å². The predicted molar refractivity (Wildman–Crippen MR) is 363 cm³/mol. The van der Waals surface area contributed by atoms with Crippen molar-refractivity contribution in [3.63, 3.8) is 0 Å². The lowest BCUT2D eigenvalue weighted by Crippen LogP contribution is -2.30. The SMILES string of the molecule is CCCCCCCCCCCCCCCCCCCC(=O)O[C@H](COC(=O)CCCCCCCCCCCCCCCCC)COP(=O)(O)OC[C@@H](O)COP(=O)(O)OC[C@@H](COC(=O)CCCCCCCCCC)OC(=O)CCCCCCCCCCCC. The van der Waals surface area contributed by atoms with E-state index in [0.717, 1.165) is 96.3 Å². The van der Waals surface area contributed by atoms with Gasteiger partial charge in [0.05, 0.1) is 26.4 Å². The summed E-state index contributed by atoms with van der Waals surface area (Å²) < 4.78 is 68.2. The summed E-state index contributed by atoms with van der Waals surface area (Å²) in [5.74, 6) is -2.12. The molecule has 0 heterocycles. The molecule has 17 nitrogen and oxygen atoms in total. The lowest BCUT2D eigenvalue weighted by atomic mass is 10.0. The fraction of sp³-hybridized carbons (Fsp3) is 0.944. The third-order valence-corrected chi connectivity index (χ3v) is 18.5.